The summed E-state index contributed by atoms with van der Waals surface area (Å²) in [6.07, 6.45) is 3.55. The van der Waals surface area contributed by atoms with Crippen molar-refractivity contribution >= 4 is 44.8 Å². The summed E-state index contributed by atoms with van der Waals surface area (Å²) in [6.45, 7) is 0.138. The molecule has 1 fully saturated rings. The maximum absolute atomic E-state index is 14.0. The Kier molecular flexibility index (Phi) is 6.87. The Balaban J connectivity index is 1.58. The maximum Gasteiger partial charge on any atom is 0.265 e. The molecule has 2 aromatic carbocycles. The molecule has 0 aliphatic carbocycles. The average Bonchev–Trinajstić information content (AvgIpc) is 3.08. The summed E-state index contributed by atoms with van der Waals surface area (Å²) in [5.74, 6) is -1.60. The molecule has 2 heterocycles. The van der Waals surface area contributed by atoms with Crippen LogP contribution in [0.5, 0.6) is 5.75 Å². The lowest BCUT2D eigenvalue weighted by Crippen LogP contribution is -2.43. The summed E-state index contributed by atoms with van der Waals surface area (Å²) in [5, 5.41) is 2.59. The van der Waals surface area contributed by atoms with E-state index in [1.807, 2.05) is 0 Å². The van der Waals surface area contributed by atoms with Gasteiger partial charge < -0.3 is 10.1 Å². The largest absolute Gasteiger partial charge is 0.482 e. The zero-order valence-corrected chi connectivity index (χ0v) is 19.3. The third-order valence-corrected chi connectivity index (χ3v) is 7.71. The van der Waals surface area contributed by atoms with E-state index in [1.165, 1.54) is 34.6 Å². The van der Waals surface area contributed by atoms with E-state index < -0.39 is 34.2 Å². The lowest BCUT2D eigenvalue weighted by molar-refractivity contribution is -0.123. The molecule has 0 saturated carbocycles. The van der Waals surface area contributed by atoms with Gasteiger partial charge in [-0.2, -0.15) is 4.31 Å². The predicted octanol–water partition coefficient (Wildman–Crippen LogP) is 3.41. The molecular formula is C22H23ClFN3O5S. The van der Waals surface area contributed by atoms with Gasteiger partial charge in [0.05, 0.1) is 16.3 Å². The van der Waals surface area contributed by atoms with Gasteiger partial charge in [-0.3, -0.25) is 14.5 Å². The SMILES string of the molecule is O=C(CN1C(=O)COc2ccc(S(=O)(=O)N3CCCCCC3)cc21)Nc1ccc(Cl)cc1F. The molecule has 33 heavy (non-hydrogen) atoms. The molecule has 1 saturated heterocycles. The Hall–Kier alpha value is -2.69. The number of anilines is 2. The van der Waals surface area contributed by atoms with Crippen molar-refractivity contribution in [3.05, 3.63) is 47.2 Å². The number of sulfonamides is 1. The molecule has 1 N–H and O–H groups in total. The minimum Gasteiger partial charge on any atom is -0.482 e. The number of ether oxygens (including phenoxy) is 1. The van der Waals surface area contributed by atoms with Gasteiger partial charge in [-0.15, -0.1) is 0 Å². The number of hydrogen-bond donors (Lipinski definition) is 1. The van der Waals surface area contributed by atoms with Gasteiger partial charge in [-0.05, 0) is 49.2 Å². The molecule has 2 aliphatic rings. The van der Waals surface area contributed by atoms with Crippen molar-refractivity contribution in [1.29, 1.82) is 0 Å². The second-order valence-electron chi connectivity index (χ2n) is 7.89. The van der Waals surface area contributed by atoms with Gasteiger partial charge in [-0.1, -0.05) is 24.4 Å². The summed E-state index contributed by atoms with van der Waals surface area (Å²) in [4.78, 5) is 26.3. The lowest BCUT2D eigenvalue weighted by Gasteiger charge is -2.30. The van der Waals surface area contributed by atoms with E-state index in [0.717, 1.165) is 36.6 Å². The van der Waals surface area contributed by atoms with Gasteiger partial charge in [-0.25, -0.2) is 12.8 Å². The van der Waals surface area contributed by atoms with E-state index in [0.29, 0.717) is 13.1 Å². The van der Waals surface area contributed by atoms with Gasteiger partial charge in [0.2, 0.25) is 15.9 Å². The van der Waals surface area contributed by atoms with Crippen LogP contribution in [-0.4, -0.2) is 50.8 Å². The van der Waals surface area contributed by atoms with Crippen LogP contribution < -0.4 is 15.0 Å². The summed E-state index contributed by atoms with van der Waals surface area (Å²) in [5.41, 5.74) is 0.0942. The molecular weight excluding hydrogens is 473 g/mol. The molecule has 8 nitrogen and oxygen atoms in total. The fraction of sp³-hybridized carbons (Fsp3) is 0.364. The van der Waals surface area contributed by atoms with Gasteiger partial charge in [0.1, 0.15) is 18.1 Å². The fourth-order valence-corrected chi connectivity index (χ4v) is 5.57. The number of rotatable bonds is 5. The molecule has 2 amide bonds. The van der Waals surface area contributed by atoms with Gasteiger partial charge in [0.25, 0.3) is 5.91 Å². The third kappa shape index (κ3) is 5.13. The highest BCUT2D eigenvalue weighted by atomic mass is 35.5. The summed E-state index contributed by atoms with van der Waals surface area (Å²) in [7, 11) is -3.77. The Morgan fingerprint density at radius 1 is 1.09 bits per heavy atom. The molecule has 11 heteroatoms. The maximum atomic E-state index is 14.0. The van der Waals surface area contributed by atoms with Crippen LogP contribution >= 0.6 is 11.6 Å². The van der Waals surface area contributed by atoms with Gasteiger partial charge >= 0.3 is 0 Å². The Bertz CT molecular complexity index is 1180. The van der Waals surface area contributed by atoms with Crippen LogP contribution in [-0.2, 0) is 19.6 Å². The van der Waals surface area contributed by atoms with Crippen LogP contribution in [0.2, 0.25) is 5.02 Å². The van der Waals surface area contributed by atoms with Gasteiger partial charge in [0, 0.05) is 18.1 Å². The average molecular weight is 496 g/mol. The molecule has 0 radical (unpaired) electrons. The number of fused-ring (bicyclic) bond motifs is 1. The van der Waals surface area contributed by atoms with Crippen molar-refractivity contribution in [3.63, 3.8) is 0 Å². The molecule has 2 aliphatic heterocycles. The number of benzene rings is 2. The molecule has 0 unspecified atom stereocenters. The van der Waals surface area contributed by atoms with Crippen LogP contribution in [0.1, 0.15) is 25.7 Å². The standard InChI is InChI=1S/C22H23ClFN3O5S/c23-15-5-7-18(17(24)11-15)25-21(28)13-27-19-12-16(6-8-20(19)32-14-22(27)29)33(30,31)26-9-3-1-2-4-10-26/h5-8,11-12H,1-4,9-10,13-14H2,(H,25,28). The van der Waals surface area contributed by atoms with E-state index in [9.17, 15) is 22.4 Å². The van der Waals surface area contributed by atoms with Crippen molar-refractivity contribution in [2.45, 2.75) is 30.6 Å². The molecule has 0 spiro atoms. The monoisotopic (exact) mass is 495 g/mol. The molecule has 4 rings (SSSR count). The molecule has 176 valence electrons. The first-order valence-electron chi connectivity index (χ1n) is 10.6. The Morgan fingerprint density at radius 2 is 1.82 bits per heavy atom. The second-order valence-corrected chi connectivity index (χ2v) is 10.3. The molecule has 2 aromatic rings. The third-order valence-electron chi connectivity index (χ3n) is 5.58. The normalized spacial score (nSPS) is 17.2. The smallest absolute Gasteiger partial charge is 0.265 e. The summed E-state index contributed by atoms with van der Waals surface area (Å²) >= 11 is 5.73. The fourth-order valence-electron chi connectivity index (χ4n) is 3.87. The van der Waals surface area contributed by atoms with Crippen molar-refractivity contribution in [3.8, 4) is 5.75 Å². The van der Waals surface area contributed by atoms with Crippen molar-refractivity contribution in [2.24, 2.45) is 0 Å². The number of carbonyl (C=O) groups is 2. The predicted molar refractivity (Wildman–Crippen MR) is 122 cm³/mol. The number of hydrogen-bond acceptors (Lipinski definition) is 5. The zero-order chi connectivity index (χ0) is 23.6. The first kappa shape index (κ1) is 23.5. The minimum absolute atomic E-state index is 0.0237. The summed E-state index contributed by atoms with van der Waals surface area (Å²) < 4.78 is 47.3. The van der Waals surface area contributed by atoms with E-state index in [1.54, 1.807) is 0 Å². The van der Waals surface area contributed by atoms with Crippen LogP contribution in [0.25, 0.3) is 0 Å². The highest BCUT2D eigenvalue weighted by Crippen LogP contribution is 2.35. The topological polar surface area (TPSA) is 96.0 Å². The van der Waals surface area contributed by atoms with Gasteiger partial charge in [0.15, 0.2) is 6.61 Å². The zero-order valence-electron chi connectivity index (χ0n) is 17.7. The first-order chi connectivity index (χ1) is 15.8. The van der Waals surface area contributed by atoms with E-state index >= 15 is 0 Å². The highest BCUT2D eigenvalue weighted by molar-refractivity contribution is 7.89. The van der Waals surface area contributed by atoms with E-state index in [4.69, 9.17) is 16.3 Å². The summed E-state index contributed by atoms with van der Waals surface area (Å²) in [6, 6.07) is 8.08. The quantitative estimate of drug-likeness (QED) is 0.685. The number of nitrogens with one attached hydrogen (secondary N) is 1. The number of halogens is 2. The van der Waals surface area contributed by atoms with Crippen LogP contribution in [0, 0.1) is 5.82 Å². The minimum atomic E-state index is -3.77. The molecule has 0 aromatic heterocycles. The highest BCUT2D eigenvalue weighted by Gasteiger charge is 2.31. The second kappa shape index (κ2) is 9.66. The number of nitrogens with zero attached hydrogens (tertiary/aromatic N) is 2. The Morgan fingerprint density at radius 3 is 2.52 bits per heavy atom. The van der Waals surface area contributed by atoms with Crippen LogP contribution in [0.3, 0.4) is 0 Å². The molecule has 0 atom stereocenters. The Labute approximate surface area is 196 Å². The number of amides is 2. The van der Waals surface area contributed by atoms with Crippen molar-refractivity contribution in [1.82, 2.24) is 4.31 Å². The van der Waals surface area contributed by atoms with Crippen LogP contribution in [0.4, 0.5) is 15.8 Å². The first-order valence-corrected chi connectivity index (χ1v) is 12.4. The van der Waals surface area contributed by atoms with E-state index in [2.05, 4.69) is 5.32 Å². The van der Waals surface area contributed by atoms with Crippen molar-refractivity contribution < 1.29 is 27.1 Å². The number of carbonyl (C=O) groups excluding carboxylic acids is 2. The van der Waals surface area contributed by atoms with E-state index in [-0.39, 0.29) is 33.6 Å². The molecule has 0 bridgehead atoms. The van der Waals surface area contributed by atoms with Crippen molar-refractivity contribution in [2.75, 3.05) is 36.5 Å². The lowest BCUT2D eigenvalue weighted by atomic mass is 10.2. The van der Waals surface area contributed by atoms with Crippen LogP contribution in [0.15, 0.2) is 41.3 Å².